The molecule has 3 heteroatoms. The first-order valence-electron chi connectivity index (χ1n) is 5.92. The summed E-state index contributed by atoms with van der Waals surface area (Å²) in [6, 6.07) is 0. The summed E-state index contributed by atoms with van der Waals surface area (Å²) in [5.41, 5.74) is 8.24. The average molecular weight is 209 g/mol. The average Bonchev–Trinajstić information content (AvgIpc) is 2.58. The van der Waals surface area contributed by atoms with Gasteiger partial charge < -0.3 is 5.73 Å². The van der Waals surface area contributed by atoms with Crippen LogP contribution in [-0.4, -0.2) is 9.78 Å². The van der Waals surface area contributed by atoms with E-state index in [1.807, 2.05) is 6.20 Å². The van der Waals surface area contributed by atoms with Gasteiger partial charge in [-0.05, 0) is 18.8 Å². The highest BCUT2D eigenvalue weighted by atomic mass is 15.3. The lowest BCUT2D eigenvalue weighted by molar-refractivity contribution is 0.474. The van der Waals surface area contributed by atoms with Crippen LogP contribution >= 0.6 is 0 Å². The molecule has 0 unspecified atom stereocenters. The lowest BCUT2D eigenvalue weighted by atomic mass is 10.1. The maximum Gasteiger partial charge on any atom is 0.0537 e. The van der Waals surface area contributed by atoms with Gasteiger partial charge in [0.05, 0.1) is 6.20 Å². The predicted octanol–water partition coefficient (Wildman–Crippen LogP) is 2.34. The zero-order chi connectivity index (χ0) is 11.3. The second-order valence-corrected chi connectivity index (χ2v) is 4.48. The van der Waals surface area contributed by atoms with E-state index in [1.165, 1.54) is 17.7 Å². The topological polar surface area (TPSA) is 43.8 Å². The molecule has 0 bridgehead atoms. The molecule has 0 amide bonds. The van der Waals surface area contributed by atoms with Crippen LogP contribution in [-0.2, 0) is 19.5 Å². The summed E-state index contributed by atoms with van der Waals surface area (Å²) in [6.07, 6.45) is 5.35. The van der Waals surface area contributed by atoms with Gasteiger partial charge in [0.25, 0.3) is 0 Å². The monoisotopic (exact) mass is 209 g/mol. The van der Waals surface area contributed by atoms with Gasteiger partial charge in [-0.15, -0.1) is 0 Å². The first-order chi connectivity index (χ1) is 7.19. The zero-order valence-corrected chi connectivity index (χ0v) is 10.2. The number of aromatic nitrogens is 2. The Balaban J connectivity index is 2.72. The van der Waals surface area contributed by atoms with Crippen molar-refractivity contribution in [3.63, 3.8) is 0 Å². The largest absolute Gasteiger partial charge is 0.326 e. The smallest absolute Gasteiger partial charge is 0.0537 e. The van der Waals surface area contributed by atoms with E-state index in [2.05, 4.69) is 30.6 Å². The van der Waals surface area contributed by atoms with Crippen LogP contribution in [0, 0.1) is 5.92 Å². The van der Waals surface area contributed by atoms with Crippen LogP contribution in [0.15, 0.2) is 6.20 Å². The van der Waals surface area contributed by atoms with Crippen LogP contribution in [0.1, 0.15) is 44.9 Å². The van der Waals surface area contributed by atoms with Crippen molar-refractivity contribution in [1.29, 1.82) is 0 Å². The minimum Gasteiger partial charge on any atom is -0.326 e. The van der Waals surface area contributed by atoms with Gasteiger partial charge in [0.2, 0.25) is 0 Å². The Morgan fingerprint density at radius 3 is 2.73 bits per heavy atom. The van der Waals surface area contributed by atoms with Gasteiger partial charge in [0.1, 0.15) is 0 Å². The first kappa shape index (κ1) is 12.2. The Morgan fingerprint density at radius 2 is 2.20 bits per heavy atom. The summed E-state index contributed by atoms with van der Waals surface area (Å²) in [5.74, 6) is 0.727. The third-order valence-corrected chi connectivity index (χ3v) is 2.66. The molecule has 0 spiro atoms. The molecule has 0 fully saturated rings. The van der Waals surface area contributed by atoms with E-state index in [9.17, 15) is 0 Å². The zero-order valence-electron chi connectivity index (χ0n) is 10.2. The summed E-state index contributed by atoms with van der Waals surface area (Å²) in [7, 11) is 0. The molecule has 86 valence electrons. The lowest BCUT2D eigenvalue weighted by Crippen LogP contribution is -2.09. The van der Waals surface area contributed by atoms with E-state index in [0.29, 0.717) is 6.54 Å². The van der Waals surface area contributed by atoms with E-state index in [0.717, 1.165) is 25.3 Å². The minimum atomic E-state index is 0.608. The van der Waals surface area contributed by atoms with Crippen LogP contribution in [0.2, 0.25) is 0 Å². The summed E-state index contributed by atoms with van der Waals surface area (Å²) >= 11 is 0. The number of hydrogen-bond acceptors (Lipinski definition) is 2. The van der Waals surface area contributed by atoms with Crippen molar-refractivity contribution in [2.24, 2.45) is 11.7 Å². The maximum absolute atomic E-state index is 5.70. The molecule has 0 saturated heterocycles. The van der Waals surface area contributed by atoms with Crippen molar-refractivity contribution in [2.45, 2.75) is 53.1 Å². The molecule has 1 rings (SSSR count). The van der Waals surface area contributed by atoms with Gasteiger partial charge >= 0.3 is 0 Å². The normalized spacial score (nSPS) is 11.3. The molecule has 0 saturated carbocycles. The molecule has 1 aromatic rings. The van der Waals surface area contributed by atoms with Crippen molar-refractivity contribution in [2.75, 3.05) is 0 Å². The Kier molecular flexibility index (Phi) is 4.82. The Labute approximate surface area is 92.7 Å². The summed E-state index contributed by atoms with van der Waals surface area (Å²) in [5, 5.41) is 4.41. The highest BCUT2D eigenvalue weighted by molar-refractivity contribution is 5.17. The number of aryl methyl sites for hydroxylation is 1. The van der Waals surface area contributed by atoms with Gasteiger partial charge in [-0.25, -0.2) is 0 Å². The summed E-state index contributed by atoms with van der Waals surface area (Å²) in [6.45, 7) is 8.31. The molecule has 15 heavy (non-hydrogen) atoms. The Hall–Kier alpha value is -0.830. The molecule has 0 aliphatic heterocycles. The molecular formula is C12H23N3. The third kappa shape index (κ3) is 3.34. The van der Waals surface area contributed by atoms with Crippen LogP contribution in [0.5, 0.6) is 0 Å². The van der Waals surface area contributed by atoms with E-state index >= 15 is 0 Å². The lowest BCUT2D eigenvalue weighted by Gasteiger charge is -2.09. The van der Waals surface area contributed by atoms with E-state index in [1.54, 1.807) is 0 Å². The predicted molar refractivity (Wildman–Crippen MR) is 63.6 cm³/mol. The molecule has 0 atom stereocenters. The van der Waals surface area contributed by atoms with Gasteiger partial charge in [-0.2, -0.15) is 5.10 Å². The first-order valence-corrected chi connectivity index (χ1v) is 5.92. The molecule has 3 nitrogen and oxygen atoms in total. The molecule has 2 N–H and O–H groups in total. The minimum absolute atomic E-state index is 0.608. The quantitative estimate of drug-likeness (QED) is 0.781. The van der Waals surface area contributed by atoms with Crippen molar-refractivity contribution in [1.82, 2.24) is 9.78 Å². The molecule has 1 heterocycles. The number of hydrogen-bond donors (Lipinski definition) is 1. The second kappa shape index (κ2) is 5.91. The van der Waals surface area contributed by atoms with Gasteiger partial charge in [0, 0.05) is 24.3 Å². The van der Waals surface area contributed by atoms with Crippen LogP contribution in [0.25, 0.3) is 0 Å². The summed E-state index contributed by atoms with van der Waals surface area (Å²) in [4.78, 5) is 0. The molecule has 0 aliphatic rings. The third-order valence-electron chi connectivity index (χ3n) is 2.66. The van der Waals surface area contributed by atoms with Crippen molar-refractivity contribution in [3.8, 4) is 0 Å². The number of nitrogens with two attached hydrogens (primary N) is 1. The van der Waals surface area contributed by atoms with E-state index in [4.69, 9.17) is 5.73 Å². The van der Waals surface area contributed by atoms with Gasteiger partial charge in [-0.3, -0.25) is 4.68 Å². The van der Waals surface area contributed by atoms with Gasteiger partial charge in [-0.1, -0.05) is 27.2 Å². The highest BCUT2D eigenvalue weighted by Crippen LogP contribution is 2.12. The van der Waals surface area contributed by atoms with Crippen LogP contribution < -0.4 is 5.73 Å². The van der Waals surface area contributed by atoms with Gasteiger partial charge in [0.15, 0.2) is 0 Å². The van der Waals surface area contributed by atoms with Crippen LogP contribution in [0.4, 0.5) is 0 Å². The van der Waals surface area contributed by atoms with E-state index in [-0.39, 0.29) is 0 Å². The van der Waals surface area contributed by atoms with E-state index < -0.39 is 0 Å². The standard InChI is InChI=1S/C12H23N3/c1-4-5-12-11(8-13)9-14-15(12)7-6-10(2)3/h9-10H,4-8,13H2,1-3H3. The number of nitrogens with zero attached hydrogens (tertiary/aromatic N) is 2. The maximum atomic E-state index is 5.70. The summed E-state index contributed by atoms with van der Waals surface area (Å²) < 4.78 is 2.13. The SMILES string of the molecule is CCCc1c(CN)cnn1CCC(C)C. The van der Waals surface area contributed by atoms with Crippen molar-refractivity contribution < 1.29 is 0 Å². The Bertz CT molecular complexity index is 289. The Morgan fingerprint density at radius 1 is 1.47 bits per heavy atom. The number of rotatable bonds is 6. The second-order valence-electron chi connectivity index (χ2n) is 4.48. The fourth-order valence-electron chi connectivity index (χ4n) is 1.72. The highest BCUT2D eigenvalue weighted by Gasteiger charge is 2.08. The molecule has 1 aromatic heterocycles. The molecule has 0 aromatic carbocycles. The fourth-order valence-corrected chi connectivity index (χ4v) is 1.72. The van der Waals surface area contributed by atoms with Crippen molar-refractivity contribution >= 4 is 0 Å². The molecule has 0 radical (unpaired) electrons. The molecular weight excluding hydrogens is 186 g/mol. The molecule has 0 aliphatic carbocycles. The fraction of sp³-hybridized carbons (Fsp3) is 0.750. The van der Waals surface area contributed by atoms with Crippen molar-refractivity contribution in [3.05, 3.63) is 17.5 Å². The van der Waals surface area contributed by atoms with Crippen LogP contribution in [0.3, 0.4) is 0 Å².